The molecule has 0 saturated heterocycles. The van der Waals surface area contributed by atoms with Gasteiger partial charge in [0.1, 0.15) is 17.4 Å². The Hall–Kier alpha value is -3.57. The van der Waals surface area contributed by atoms with Crippen LogP contribution in [0, 0.1) is 21.4 Å². The van der Waals surface area contributed by atoms with Crippen molar-refractivity contribution in [3.8, 4) is 17.6 Å². The highest BCUT2D eigenvalue weighted by Crippen LogP contribution is 2.35. The van der Waals surface area contributed by atoms with Crippen molar-refractivity contribution in [3.05, 3.63) is 62.7 Å². The standard InChI is InChI=1S/C17H12ClN3O5/c1-26-15-8-10(7-14(16(15)22)21(24)25)6-11(9-19)17(23)20-13-5-3-2-4-12(13)18/h2-8,22H,1H3,(H,20,23)/p-1/b11-6+. The number of para-hydroxylation sites is 1. The van der Waals surface area contributed by atoms with Crippen molar-refractivity contribution in [2.45, 2.75) is 0 Å². The molecule has 2 aromatic rings. The number of anilines is 1. The van der Waals surface area contributed by atoms with Crippen molar-refractivity contribution in [1.29, 1.82) is 5.26 Å². The monoisotopic (exact) mass is 372 g/mol. The largest absolute Gasteiger partial charge is 0.865 e. The third kappa shape index (κ3) is 4.09. The molecule has 2 rings (SSSR count). The maximum Gasteiger partial charge on any atom is 0.266 e. The summed E-state index contributed by atoms with van der Waals surface area (Å²) in [6.45, 7) is 0. The number of benzene rings is 2. The number of nitriles is 1. The number of ether oxygens (including phenoxy) is 1. The summed E-state index contributed by atoms with van der Waals surface area (Å²) in [6, 6.07) is 10.3. The van der Waals surface area contributed by atoms with Gasteiger partial charge in [-0.05, 0) is 29.8 Å². The Labute approximate surface area is 153 Å². The van der Waals surface area contributed by atoms with Gasteiger partial charge in [-0.15, -0.1) is 0 Å². The fourth-order valence-electron chi connectivity index (χ4n) is 2.05. The summed E-state index contributed by atoms with van der Waals surface area (Å²) in [6.07, 6.45) is 1.11. The van der Waals surface area contributed by atoms with Gasteiger partial charge in [-0.3, -0.25) is 14.9 Å². The Morgan fingerprint density at radius 3 is 2.65 bits per heavy atom. The Morgan fingerprint density at radius 1 is 1.38 bits per heavy atom. The first kappa shape index (κ1) is 18.8. The van der Waals surface area contributed by atoms with Crippen LogP contribution in [-0.2, 0) is 4.79 Å². The van der Waals surface area contributed by atoms with Crippen molar-refractivity contribution < 1.29 is 19.6 Å². The number of nitro groups is 1. The molecule has 0 radical (unpaired) electrons. The van der Waals surface area contributed by atoms with Gasteiger partial charge in [0.2, 0.25) is 0 Å². The topological polar surface area (TPSA) is 128 Å². The lowest BCUT2D eigenvalue weighted by atomic mass is 10.1. The number of hydrogen-bond donors (Lipinski definition) is 1. The molecule has 0 fully saturated rings. The highest BCUT2D eigenvalue weighted by atomic mass is 35.5. The molecule has 132 valence electrons. The lowest BCUT2D eigenvalue weighted by molar-refractivity contribution is -0.398. The number of carbonyl (C=O) groups excluding carboxylic acids is 1. The van der Waals surface area contributed by atoms with Gasteiger partial charge < -0.3 is 15.2 Å². The number of nitrogens with one attached hydrogen (secondary N) is 1. The first-order valence-electron chi connectivity index (χ1n) is 7.08. The van der Waals surface area contributed by atoms with E-state index in [1.54, 1.807) is 30.3 Å². The molecule has 2 aromatic carbocycles. The second-order valence-corrected chi connectivity index (χ2v) is 5.34. The maximum absolute atomic E-state index is 12.3. The fraction of sp³-hybridized carbons (Fsp3) is 0.0588. The molecule has 0 spiro atoms. The van der Waals surface area contributed by atoms with Gasteiger partial charge in [-0.1, -0.05) is 23.7 Å². The summed E-state index contributed by atoms with van der Waals surface area (Å²) in [4.78, 5) is 22.4. The van der Waals surface area contributed by atoms with E-state index in [1.807, 2.05) is 0 Å². The average molecular weight is 373 g/mol. The molecule has 0 atom stereocenters. The second kappa shape index (κ2) is 8.00. The average Bonchev–Trinajstić information content (AvgIpc) is 2.62. The quantitative estimate of drug-likeness (QED) is 0.372. The molecule has 0 aromatic heterocycles. The maximum atomic E-state index is 12.3. The lowest BCUT2D eigenvalue weighted by Gasteiger charge is -2.13. The molecule has 0 bridgehead atoms. The molecule has 0 heterocycles. The number of halogens is 1. The smallest absolute Gasteiger partial charge is 0.266 e. The van der Waals surface area contributed by atoms with Crippen LogP contribution in [0.3, 0.4) is 0 Å². The van der Waals surface area contributed by atoms with E-state index < -0.39 is 22.3 Å². The van der Waals surface area contributed by atoms with Crippen LogP contribution in [0.25, 0.3) is 6.08 Å². The zero-order chi connectivity index (χ0) is 19.3. The number of amides is 1. The molecule has 0 aliphatic rings. The highest BCUT2D eigenvalue weighted by molar-refractivity contribution is 6.34. The van der Waals surface area contributed by atoms with Gasteiger partial charge in [0.15, 0.2) is 0 Å². The summed E-state index contributed by atoms with van der Waals surface area (Å²) in [5.41, 5.74) is -0.655. The third-order valence-corrected chi connectivity index (χ3v) is 3.60. The number of nitrogens with zero attached hydrogens (tertiary/aromatic N) is 2. The zero-order valence-corrected chi connectivity index (χ0v) is 14.1. The molecule has 0 unspecified atom stereocenters. The van der Waals surface area contributed by atoms with E-state index in [0.29, 0.717) is 5.69 Å². The predicted octanol–water partition coefficient (Wildman–Crippen LogP) is 2.88. The molecule has 0 aliphatic heterocycles. The molecular formula is C17H11ClN3O5-. The third-order valence-electron chi connectivity index (χ3n) is 3.27. The van der Waals surface area contributed by atoms with Gasteiger partial charge in [0.25, 0.3) is 11.6 Å². The zero-order valence-electron chi connectivity index (χ0n) is 13.4. The van der Waals surface area contributed by atoms with E-state index in [1.165, 1.54) is 13.2 Å². The van der Waals surface area contributed by atoms with Crippen molar-refractivity contribution in [2.24, 2.45) is 0 Å². The number of nitro benzene ring substituents is 1. The SMILES string of the molecule is COc1cc(/C=C(\C#N)C(=O)Nc2ccccc2Cl)cc([N+](=O)[O-])c1[O-]. The fourth-order valence-corrected chi connectivity index (χ4v) is 2.23. The Morgan fingerprint density at radius 2 is 2.08 bits per heavy atom. The lowest BCUT2D eigenvalue weighted by Crippen LogP contribution is -2.13. The molecular weight excluding hydrogens is 362 g/mol. The number of carbonyl (C=O) groups is 1. The predicted molar refractivity (Wildman–Crippen MR) is 92.8 cm³/mol. The summed E-state index contributed by atoms with van der Waals surface area (Å²) < 4.78 is 4.82. The number of hydrogen-bond acceptors (Lipinski definition) is 6. The Bertz CT molecular complexity index is 950. The van der Waals surface area contributed by atoms with Gasteiger partial charge >= 0.3 is 0 Å². The van der Waals surface area contributed by atoms with E-state index >= 15 is 0 Å². The number of rotatable bonds is 5. The molecule has 9 heteroatoms. The minimum atomic E-state index is -0.895. The van der Waals surface area contributed by atoms with Crippen LogP contribution in [0.5, 0.6) is 11.5 Å². The normalized spacial score (nSPS) is 10.7. The molecule has 1 amide bonds. The summed E-state index contributed by atoms with van der Waals surface area (Å²) in [5.74, 6) is -1.92. The van der Waals surface area contributed by atoms with Gasteiger partial charge in [0.05, 0.1) is 22.7 Å². The molecule has 8 nitrogen and oxygen atoms in total. The van der Waals surface area contributed by atoms with Crippen LogP contribution in [0.15, 0.2) is 42.0 Å². The number of methoxy groups -OCH3 is 1. The first-order chi connectivity index (χ1) is 12.4. The summed E-state index contributed by atoms with van der Waals surface area (Å²) in [7, 11) is 1.18. The summed E-state index contributed by atoms with van der Waals surface area (Å²) in [5, 5.41) is 34.8. The van der Waals surface area contributed by atoms with Crippen LogP contribution in [0.1, 0.15) is 5.56 Å². The van der Waals surface area contributed by atoms with Crippen molar-refractivity contribution in [3.63, 3.8) is 0 Å². The molecule has 26 heavy (non-hydrogen) atoms. The van der Waals surface area contributed by atoms with Crippen molar-refractivity contribution in [2.75, 3.05) is 12.4 Å². The van der Waals surface area contributed by atoms with Crippen LogP contribution >= 0.6 is 11.6 Å². The highest BCUT2D eigenvalue weighted by Gasteiger charge is 2.15. The van der Waals surface area contributed by atoms with Crippen LogP contribution in [0.4, 0.5) is 11.4 Å². The van der Waals surface area contributed by atoms with Gasteiger partial charge in [0, 0.05) is 11.8 Å². The Kier molecular flexibility index (Phi) is 5.78. The molecule has 0 saturated carbocycles. The molecule has 0 aliphatic carbocycles. The van der Waals surface area contributed by atoms with Crippen LogP contribution < -0.4 is 15.2 Å². The van der Waals surface area contributed by atoms with E-state index in [-0.39, 0.29) is 21.9 Å². The minimum Gasteiger partial charge on any atom is -0.865 e. The minimum absolute atomic E-state index is 0.0963. The second-order valence-electron chi connectivity index (χ2n) is 4.93. The van der Waals surface area contributed by atoms with Crippen molar-refractivity contribution >= 4 is 35.0 Å². The van der Waals surface area contributed by atoms with Crippen molar-refractivity contribution in [1.82, 2.24) is 0 Å². The van der Waals surface area contributed by atoms with E-state index in [4.69, 9.17) is 16.3 Å². The van der Waals surface area contributed by atoms with E-state index in [0.717, 1.165) is 12.1 Å². The van der Waals surface area contributed by atoms with E-state index in [9.17, 15) is 25.3 Å². The van der Waals surface area contributed by atoms with Crippen LogP contribution in [0.2, 0.25) is 5.02 Å². The van der Waals surface area contributed by atoms with Gasteiger partial charge in [-0.2, -0.15) is 5.26 Å². The Balaban J connectivity index is 2.41. The first-order valence-corrected chi connectivity index (χ1v) is 7.46. The summed E-state index contributed by atoms with van der Waals surface area (Å²) >= 11 is 5.95. The van der Waals surface area contributed by atoms with Gasteiger partial charge in [-0.25, -0.2) is 0 Å². The van der Waals surface area contributed by atoms with Crippen LogP contribution in [-0.4, -0.2) is 17.9 Å². The molecule has 1 N–H and O–H groups in total. The van der Waals surface area contributed by atoms with E-state index in [2.05, 4.69) is 5.32 Å².